The van der Waals surface area contributed by atoms with E-state index in [4.69, 9.17) is 0 Å². The first kappa shape index (κ1) is 8.96. The van der Waals surface area contributed by atoms with Crippen LogP contribution in [-0.2, 0) is 4.79 Å². The Labute approximate surface area is 81.2 Å². The van der Waals surface area contributed by atoms with Crippen molar-refractivity contribution in [3.8, 4) is 0 Å². The van der Waals surface area contributed by atoms with Crippen molar-refractivity contribution in [2.75, 3.05) is 18.4 Å². The van der Waals surface area contributed by atoms with Crippen LogP contribution in [0.3, 0.4) is 0 Å². The average molecular weight is 193 g/mol. The highest BCUT2D eigenvalue weighted by Crippen LogP contribution is 2.11. The molecule has 1 aliphatic rings. The molecule has 0 aromatic carbocycles. The van der Waals surface area contributed by atoms with E-state index >= 15 is 0 Å². The lowest BCUT2D eigenvalue weighted by Gasteiger charge is -2.21. The van der Waals surface area contributed by atoms with Gasteiger partial charge in [0.2, 0.25) is 0 Å². The summed E-state index contributed by atoms with van der Waals surface area (Å²) in [6.45, 7) is 3.42. The van der Waals surface area contributed by atoms with E-state index in [1.807, 2.05) is 6.92 Å². The molecule has 1 fully saturated rings. The van der Waals surface area contributed by atoms with Gasteiger partial charge in [0.25, 0.3) is 5.91 Å². The minimum atomic E-state index is -0.115. The second-order valence-corrected chi connectivity index (χ2v) is 3.17. The quantitative estimate of drug-likeness (QED) is 0.672. The molecule has 74 valence electrons. The number of amides is 1. The molecule has 14 heavy (non-hydrogen) atoms. The van der Waals surface area contributed by atoms with Gasteiger partial charge in [0.1, 0.15) is 6.26 Å². The molecule has 0 saturated carbocycles. The Morgan fingerprint density at radius 2 is 2.43 bits per heavy atom. The summed E-state index contributed by atoms with van der Waals surface area (Å²) in [6, 6.07) is 1.61. The Hall–Kier alpha value is -1.62. The molecule has 1 amide bonds. The maximum absolute atomic E-state index is 11.6. The third-order valence-electron chi connectivity index (χ3n) is 2.23. The molecule has 0 unspecified atom stereocenters. The molecule has 5 nitrogen and oxygen atoms in total. The monoisotopic (exact) mass is 193 g/mol. The Morgan fingerprint density at radius 1 is 1.64 bits per heavy atom. The standard InChI is InChI=1S/C9H11N3O2/c1-6(7-4-10-5-7)9(13)11-8-2-3-14-12-8/h2-3,10H,4-5H2,1H3,(H,11,12,13). The zero-order valence-corrected chi connectivity index (χ0v) is 7.83. The van der Waals surface area contributed by atoms with Crippen LogP contribution < -0.4 is 10.6 Å². The van der Waals surface area contributed by atoms with E-state index in [1.165, 1.54) is 6.26 Å². The second kappa shape index (κ2) is 3.63. The number of nitrogens with one attached hydrogen (secondary N) is 2. The zero-order valence-electron chi connectivity index (χ0n) is 7.83. The van der Waals surface area contributed by atoms with Crippen LogP contribution in [-0.4, -0.2) is 24.2 Å². The van der Waals surface area contributed by atoms with Crippen molar-refractivity contribution in [3.63, 3.8) is 0 Å². The van der Waals surface area contributed by atoms with Crippen LogP contribution in [0, 0.1) is 0 Å². The smallest absolute Gasteiger partial charge is 0.252 e. The van der Waals surface area contributed by atoms with Gasteiger partial charge in [-0.15, -0.1) is 0 Å². The van der Waals surface area contributed by atoms with E-state index in [0.717, 1.165) is 24.2 Å². The van der Waals surface area contributed by atoms with Gasteiger partial charge >= 0.3 is 0 Å². The molecule has 2 N–H and O–H groups in total. The average Bonchev–Trinajstić information content (AvgIpc) is 2.53. The van der Waals surface area contributed by atoms with Gasteiger partial charge in [-0.2, -0.15) is 0 Å². The highest BCUT2D eigenvalue weighted by molar-refractivity contribution is 6.03. The van der Waals surface area contributed by atoms with Crippen LogP contribution in [0.2, 0.25) is 0 Å². The van der Waals surface area contributed by atoms with E-state index < -0.39 is 0 Å². The van der Waals surface area contributed by atoms with Gasteiger partial charge < -0.3 is 15.2 Å². The summed E-state index contributed by atoms with van der Waals surface area (Å²) in [6.07, 6.45) is 1.42. The summed E-state index contributed by atoms with van der Waals surface area (Å²) in [5.41, 5.74) is 1.90. The van der Waals surface area contributed by atoms with Gasteiger partial charge in [-0.05, 0) is 12.5 Å². The van der Waals surface area contributed by atoms with E-state index in [2.05, 4.69) is 20.3 Å². The maximum Gasteiger partial charge on any atom is 0.252 e. The molecule has 0 aliphatic carbocycles. The first-order valence-corrected chi connectivity index (χ1v) is 4.38. The summed E-state index contributed by atoms with van der Waals surface area (Å²) in [5, 5.41) is 9.32. The third kappa shape index (κ3) is 1.67. The van der Waals surface area contributed by atoms with Gasteiger partial charge in [-0.1, -0.05) is 5.16 Å². The van der Waals surface area contributed by atoms with Crippen LogP contribution in [0.25, 0.3) is 0 Å². The molecule has 1 saturated heterocycles. The Bertz CT molecular complexity index is 361. The van der Waals surface area contributed by atoms with Crippen molar-refractivity contribution in [1.82, 2.24) is 10.5 Å². The zero-order chi connectivity index (χ0) is 9.97. The van der Waals surface area contributed by atoms with Crippen molar-refractivity contribution in [2.24, 2.45) is 0 Å². The van der Waals surface area contributed by atoms with Crippen LogP contribution in [0.4, 0.5) is 5.82 Å². The number of aromatic nitrogens is 1. The highest BCUT2D eigenvalue weighted by Gasteiger charge is 2.16. The van der Waals surface area contributed by atoms with Gasteiger partial charge in [0.05, 0.1) is 0 Å². The first-order chi connectivity index (χ1) is 6.77. The van der Waals surface area contributed by atoms with E-state index in [-0.39, 0.29) is 5.91 Å². The van der Waals surface area contributed by atoms with Crippen LogP contribution in [0.5, 0.6) is 0 Å². The van der Waals surface area contributed by atoms with Gasteiger partial charge in [-0.25, -0.2) is 0 Å². The van der Waals surface area contributed by atoms with Crippen molar-refractivity contribution < 1.29 is 9.32 Å². The summed E-state index contributed by atoms with van der Waals surface area (Å²) < 4.78 is 4.60. The van der Waals surface area contributed by atoms with Crippen molar-refractivity contribution in [3.05, 3.63) is 23.5 Å². The lowest BCUT2D eigenvalue weighted by atomic mass is 10.0. The fourth-order valence-electron chi connectivity index (χ4n) is 1.16. The number of hydrogen-bond donors (Lipinski definition) is 2. The third-order valence-corrected chi connectivity index (χ3v) is 2.23. The molecule has 1 aliphatic heterocycles. The largest absolute Gasteiger partial charge is 0.363 e. The maximum atomic E-state index is 11.6. The van der Waals surface area contributed by atoms with Crippen molar-refractivity contribution in [1.29, 1.82) is 0 Å². The van der Waals surface area contributed by atoms with Crippen molar-refractivity contribution in [2.45, 2.75) is 6.92 Å². The molecular formula is C9H11N3O2. The Balaban J connectivity index is 2.02. The number of nitrogens with zero attached hydrogens (tertiary/aromatic N) is 1. The summed E-state index contributed by atoms with van der Waals surface area (Å²) in [5.74, 6) is 0.331. The van der Waals surface area contributed by atoms with Gasteiger partial charge in [0.15, 0.2) is 5.82 Å². The van der Waals surface area contributed by atoms with Crippen LogP contribution in [0.15, 0.2) is 28.0 Å². The van der Waals surface area contributed by atoms with E-state index in [1.54, 1.807) is 6.07 Å². The predicted octanol–water partition coefficient (Wildman–Crippen LogP) is 0.533. The normalized spacial score (nSPS) is 14.8. The van der Waals surface area contributed by atoms with Crippen LogP contribution >= 0.6 is 0 Å². The lowest BCUT2D eigenvalue weighted by molar-refractivity contribution is -0.112. The first-order valence-electron chi connectivity index (χ1n) is 4.38. The predicted molar refractivity (Wildman–Crippen MR) is 50.7 cm³/mol. The number of carbonyl (C=O) groups is 1. The van der Waals surface area contributed by atoms with Crippen molar-refractivity contribution >= 4 is 11.7 Å². The van der Waals surface area contributed by atoms with E-state index in [9.17, 15) is 4.79 Å². The van der Waals surface area contributed by atoms with Crippen LogP contribution in [0.1, 0.15) is 6.92 Å². The SMILES string of the molecule is CC(C(=O)Nc1ccon1)=C1CNC1. The summed E-state index contributed by atoms with van der Waals surface area (Å²) in [4.78, 5) is 11.6. The Morgan fingerprint density at radius 3 is 2.93 bits per heavy atom. The molecule has 5 heteroatoms. The van der Waals surface area contributed by atoms with Gasteiger partial charge in [0, 0.05) is 24.7 Å². The summed E-state index contributed by atoms with van der Waals surface area (Å²) in [7, 11) is 0. The minimum absolute atomic E-state index is 0.115. The number of anilines is 1. The molecule has 2 heterocycles. The molecule has 1 aromatic heterocycles. The fourth-order valence-corrected chi connectivity index (χ4v) is 1.16. The highest BCUT2D eigenvalue weighted by atomic mass is 16.5. The molecular weight excluding hydrogens is 182 g/mol. The molecule has 2 rings (SSSR count). The molecule has 0 atom stereocenters. The number of carbonyl (C=O) groups excluding carboxylic acids is 1. The molecule has 0 bridgehead atoms. The van der Waals surface area contributed by atoms with Gasteiger partial charge in [-0.3, -0.25) is 4.79 Å². The summed E-state index contributed by atoms with van der Waals surface area (Å²) >= 11 is 0. The lowest BCUT2D eigenvalue weighted by Crippen LogP contribution is -2.36. The number of hydrogen-bond acceptors (Lipinski definition) is 4. The molecule has 0 radical (unpaired) electrons. The minimum Gasteiger partial charge on any atom is -0.363 e. The molecule has 0 spiro atoms. The Kier molecular flexibility index (Phi) is 2.32. The molecule has 1 aromatic rings. The number of rotatable bonds is 2. The topological polar surface area (TPSA) is 67.2 Å². The second-order valence-electron chi connectivity index (χ2n) is 3.17. The fraction of sp³-hybridized carbons (Fsp3) is 0.333. The van der Waals surface area contributed by atoms with E-state index in [0.29, 0.717) is 5.82 Å².